The lowest BCUT2D eigenvalue weighted by atomic mass is 9.98. The van der Waals surface area contributed by atoms with E-state index in [1.54, 1.807) is 30.3 Å². The molecule has 2 bridgehead atoms. The van der Waals surface area contributed by atoms with Crippen LogP contribution in [0.3, 0.4) is 0 Å². The van der Waals surface area contributed by atoms with Crippen LogP contribution in [0.25, 0.3) is 0 Å². The third-order valence-corrected chi connectivity index (χ3v) is 10.1. The van der Waals surface area contributed by atoms with Gasteiger partial charge < -0.3 is 14.7 Å². The number of anilines is 1. The number of sulfonamides is 1. The lowest BCUT2D eigenvalue weighted by molar-refractivity contribution is 0.0266. The van der Waals surface area contributed by atoms with Crippen molar-refractivity contribution >= 4 is 27.0 Å². The summed E-state index contributed by atoms with van der Waals surface area (Å²) in [4.78, 5) is 4.81. The fourth-order valence-corrected chi connectivity index (χ4v) is 7.73. The van der Waals surface area contributed by atoms with Crippen molar-refractivity contribution in [2.24, 2.45) is 0 Å². The van der Waals surface area contributed by atoms with Crippen LogP contribution in [0, 0.1) is 0 Å². The molecular formula is C23H31N3O4S2. The molecule has 0 unspecified atom stereocenters. The molecule has 1 aromatic carbocycles. The highest BCUT2D eigenvalue weighted by Gasteiger charge is 2.42. The van der Waals surface area contributed by atoms with Crippen LogP contribution in [0.4, 0.5) is 5.69 Å². The number of rotatable bonds is 6. The van der Waals surface area contributed by atoms with E-state index in [9.17, 15) is 13.5 Å². The Bertz CT molecular complexity index is 1030. The van der Waals surface area contributed by atoms with Gasteiger partial charge >= 0.3 is 0 Å². The zero-order valence-electron chi connectivity index (χ0n) is 18.6. The quantitative estimate of drug-likeness (QED) is 0.689. The molecule has 7 nitrogen and oxygen atoms in total. The van der Waals surface area contributed by atoms with Crippen LogP contribution in [0.5, 0.6) is 0 Å². The molecular weight excluding hydrogens is 446 g/mol. The number of morpholine rings is 1. The van der Waals surface area contributed by atoms with E-state index in [0.29, 0.717) is 36.0 Å². The largest absolute Gasteiger partial charge is 0.386 e. The van der Waals surface area contributed by atoms with Gasteiger partial charge in [-0.25, -0.2) is 8.42 Å². The van der Waals surface area contributed by atoms with Gasteiger partial charge in [0.25, 0.3) is 10.0 Å². The normalized spacial score (nSPS) is 27.3. The van der Waals surface area contributed by atoms with Crippen LogP contribution in [0.1, 0.15) is 25.8 Å². The highest BCUT2D eigenvalue weighted by molar-refractivity contribution is 7.91. The van der Waals surface area contributed by atoms with E-state index in [2.05, 4.69) is 9.80 Å². The van der Waals surface area contributed by atoms with Crippen molar-refractivity contribution in [3.63, 3.8) is 0 Å². The predicted octanol–water partition coefficient (Wildman–Crippen LogP) is 2.33. The molecule has 3 aliphatic rings. The highest BCUT2D eigenvalue weighted by atomic mass is 32.2. The van der Waals surface area contributed by atoms with Crippen LogP contribution < -0.4 is 4.90 Å². The minimum Gasteiger partial charge on any atom is -0.386 e. The van der Waals surface area contributed by atoms with Gasteiger partial charge in [-0.3, -0.25) is 4.90 Å². The van der Waals surface area contributed by atoms with Crippen LogP contribution in [0.2, 0.25) is 0 Å². The average molecular weight is 478 g/mol. The average Bonchev–Trinajstić information content (AvgIpc) is 3.52. The number of benzene rings is 1. The topological polar surface area (TPSA) is 73.3 Å². The number of hydrogen-bond acceptors (Lipinski definition) is 7. The molecule has 3 atom stereocenters. The van der Waals surface area contributed by atoms with E-state index >= 15 is 0 Å². The maximum atomic E-state index is 13.2. The summed E-state index contributed by atoms with van der Waals surface area (Å²) in [7, 11) is -3.48. The van der Waals surface area contributed by atoms with Crippen molar-refractivity contribution in [2.45, 2.75) is 48.3 Å². The molecule has 5 rings (SSSR count). The molecule has 0 spiro atoms. The first-order valence-electron chi connectivity index (χ1n) is 11.2. The van der Waals surface area contributed by atoms with Crippen LogP contribution in [0.15, 0.2) is 46.0 Å². The van der Waals surface area contributed by atoms with E-state index in [1.165, 1.54) is 11.3 Å². The second-order valence-electron chi connectivity index (χ2n) is 9.55. The molecule has 3 aliphatic heterocycles. The first-order chi connectivity index (χ1) is 15.2. The second-order valence-corrected chi connectivity index (χ2v) is 12.7. The molecule has 4 heterocycles. The number of fused-ring (bicyclic) bond motifs is 2. The van der Waals surface area contributed by atoms with E-state index in [4.69, 9.17) is 4.74 Å². The monoisotopic (exact) mass is 477 g/mol. The Balaban J connectivity index is 1.40. The second kappa shape index (κ2) is 8.38. The predicted molar refractivity (Wildman–Crippen MR) is 126 cm³/mol. The standard InChI is InChI=1S/C23H31N3O4S2/c1-23(2,27)17-5-7-18(8-6-17)26-10-9-25(32(28,29)22-4-3-11-31-22)14-20(26)13-24-15-21-12-19(24)16-30-21/h3-8,11,19-21,27H,9-10,12-16H2,1-2H3/t19-,20+,21-/m1/s1. The molecule has 3 fully saturated rings. The number of aliphatic hydroxyl groups is 1. The smallest absolute Gasteiger partial charge is 0.252 e. The molecule has 3 saturated heterocycles. The van der Waals surface area contributed by atoms with Crippen molar-refractivity contribution in [3.8, 4) is 0 Å². The summed E-state index contributed by atoms with van der Waals surface area (Å²) in [6.45, 7) is 7.62. The Kier molecular flexibility index (Phi) is 5.84. The molecule has 174 valence electrons. The molecule has 32 heavy (non-hydrogen) atoms. The Morgan fingerprint density at radius 3 is 2.53 bits per heavy atom. The maximum absolute atomic E-state index is 13.2. The summed E-state index contributed by atoms with van der Waals surface area (Å²) in [5, 5.41) is 12.1. The SMILES string of the molecule is CC(C)(O)c1ccc(N2CCN(S(=O)(=O)c3cccs3)C[C@@H]2CN2C[C@H]3C[C@@H]2CO3)cc1. The zero-order chi connectivity index (χ0) is 22.5. The van der Waals surface area contributed by atoms with Gasteiger partial charge in [-0.05, 0) is 49.4 Å². The van der Waals surface area contributed by atoms with Gasteiger partial charge in [0.2, 0.25) is 0 Å². The lowest BCUT2D eigenvalue weighted by Gasteiger charge is -2.44. The van der Waals surface area contributed by atoms with Crippen LogP contribution in [-0.2, 0) is 20.4 Å². The number of piperazine rings is 1. The fourth-order valence-electron chi connectivity index (χ4n) is 5.11. The van der Waals surface area contributed by atoms with Gasteiger partial charge in [0.15, 0.2) is 0 Å². The summed E-state index contributed by atoms with van der Waals surface area (Å²) in [5.41, 5.74) is 1.04. The Morgan fingerprint density at radius 1 is 1.16 bits per heavy atom. The molecule has 2 aromatic rings. The molecule has 0 amide bonds. The van der Waals surface area contributed by atoms with E-state index < -0.39 is 15.6 Å². The fraction of sp³-hybridized carbons (Fsp3) is 0.565. The molecule has 0 radical (unpaired) electrons. The van der Waals surface area contributed by atoms with Crippen LogP contribution >= 0.6 is 11.3 Å². The lowest BCUT2D eigenvalue weighted by Crippen LogP contribution is -2.59. The Morgan fingerprint density at radius 2 is 1.94 bits per heavy atom. The molecule has 0 saturated carbocycles. The summed E-state index contributed by atoms with van der Waals surface area (Å²) >= 11 is 1.27. The van der Waals surface area contributed by atoms with E-state index in [1.807, 2.05) is 29.6 Å². The summed E-state index contributed by atoms with van der Waals surface area (Å²) in [5.74, 6) is 0. The number of hydrogen-bond donors (Lipinski definition) is 1. The first kappa shape index (κ1) is 22.3. The highest BCUT2D eigenvalue weighted by Crippen LogP contribution is 2.32. The number of likely N-dealkylation sites (tertiary alicyclic amines) is 1. The Labute approximate surface area is 194 Å². The van der Waals surface area contributed by atoms with Gasteiger partial charge in [0.05, 0.1) is 24.4 Å². The third kappa shape index (κ3) is 4.22. The van der Waals surface area contributed by atoms with E-state index in [0.717, 1.165) is 37.4 Å². The summed E-state index contributed by atoms with van der Waals surface area (Å²) in [6.07, 6.45) is 1.39. The first-order valence-corrected chi connectivity index (χ1v) is 13.5. The van der Waals surface area contributed by atoms with Gasteiger partial charge in [0, 0.05) is 44.5 Å². The van der Waals surface area contributed by atoms with Gasteiger partial charge in [-0.15, -0.1) is 11.3 Å². The minimum atomic E-state index is -3.48. The number of nitrogens with zero attached hydrogens (tertiary/aromatic N) is 3. The van der Waals surface area contributed by atoms with E-state index in [-0.39, 0.29) is 6.04 Å². The number of thiophene rings is 1. The summed E-state index contributed by atoms with van der Waals surface area (Å²) in [6, 6.07) is 12.0. The molecule has 1 N–H and O–H groups in total. The third-order valence-electron chi connectivity index (χ3n) is 6.90. The van der Waals surface area contributed by atoms with Gasteiger partial charge in [-0.2, -0.15) is 4.31 Å². The summed E-state index contributed by atoms with van der Waals surface area (Å²) < 4.78 is 34.3. The van der Waals surface area contributed by atoms with Crippen molar-refractivity contribution < 1.29 is 18.3 Å². The Hall–Kier alpha value is -1.49. The van der Waals surface area contributed by atoms with Crippen molar-refractivity contribution in [1.82, 2.24) is 9.21 Å². The molecule has 9 heteroatoms. The van der Waals surface area contributed by atoms with Gasteiger partial charge in [-0.1, -0.05) is 18.2 Å². The van der Waals surface area contributed by atoms with Crippen molar-refractivity contribution in [1.29, 1.82) is 0 Å². The maximum Gasteiger partial charge on any atom is 0.252 e. The van der Waals surface area contributed by atoms with Crippen molar-refractivity contribution in [3.05, 3.63) is 47.3 Å². The zero-order valence-corrected chi connectivity index (χ0v) is 20.2. The molecule has 1 aromatic heterocycles. The number of ether oxygens (including phenoxy) is 1. The van der Waals surface area contributed by atoms with Crippen LogP contribution in [-0.4, -0.2) is 80.2 Å². The molecule has 0 aliphatic carbocycles. The van der Waals surface area contributed by atoms with Gasteiger partial charge in [0.1, 0.15) is 4.21 Å². The minimum absolute atomic E-state index is 0.0471. The van der Waals surface area contributed by atoms with Crippen molar-refractivity contribution in [2.75, 3.05) is 44.2 Å².